The molecule has 1 fully saturated rings. The lowest BCUT2D eigenvalue weighted by Crippen LogP contribution is -2.27. The highest BCUT2D eigenvalue weighted by molar-refractivity contribution is 5.77. The van der Waals surface area contributed by atoms with Crippen molar-refractivity contribution in [1.29, 1.82) is 0 Å². The van der Waals surface area contributed by atoms with Gasteiger partial charge in [0.15, 0.2) is 0 Å². The summed E-state index contributed by atoms with van der Waals surface area (Å²) in [6.07, 6.45) is 4.30. The van der Waals surface area contributed by atoms with Crippen LogP contribution in [0.4, 0.5) is 5.82 Å². The molecule has 0 radical (unpaired) electrons. The lowest BCUT2D eigenvalue weighted by molar-refractivity contribution is -0.126. The molecule has 2 heterocycles. The molecule has 0 spiro atoms. The number of anilines is 1. The Kier molecular flexibility index (Phi) is 6.43. The maximum Gasteiger partial charge on any atom is 0.246 e. The van der Waals surface area contributed by atoms with Gasteiger partial charge in [0.1, 0.15) is 12.4 Å². The minimum Gasteiger partial charge on any atom is -0.382 e. The van der Waals surface area contributed by atoms with Crippen LogP contribution in [0.5, 0.6) is 0 Å². The molecule has 116 valence electrons. The van der Waals surface area contributed by atoms with Crippen molar-refractivity contribution in [2.24, 2.45) is 0 Å². The van der Waals surface area contributed by atoms with E-state index in [1.54, 1.807) is 7.11 Å². The molecule has 0 unspecified atom stereocenters. The van der Waals surface area contributed by atoms with Crippen molar-refractivity contribution in [1.82, 2.24) is 10.3 Å². The van der Waals surface area contributed by atoms with Gasteiger partial charge in [0, 0.05) is 32.9 Å². The summed E-state index contributed by atoms with van der Waals surface area (Å²) in [5, 5.41) is 2.81. The molecule has 0 saturated carbocycles. The number of pyridine rings is 1. The van der Waals surface area contributed by atoms with Crippen LogP contribution in [0.2, 0.25) is 0 Å². The van der Waals surface area contributed by atoms with E-state index < -0.39 is 0 Å². The molecule has 0 bridgehead atoms. The number of amides is 1. The average molecular weight is 293 g/mol. The first kappa shape index (κ1) is 15.7. The van der Waals surface area contributed by atoms with Crippen LogP contribution in [0.3, 0.4) is 0 Å². The lowest BCUT2D eigenvalue weighted by atomic mass is 10.2. The number of nitrogens with zero attached hydrogens (tertiary/aromatic N) is 2. The monoisotopic (exact) mass is 293 g/mol. The minimum absolute atomic E-state index is 0.0582. The van der Waals surface area contributed by atoms with Crippen LogP contribution in [-0.4, -0.2) is 50.9 Å². The maximum atomic E-state index is 11.6. The molecule has 0 aliphatic carbocycles. The highest BCUT2D eigenvalue weighted by Gasteiger charge is 2.12. The van der Waals surface area contributed by atoms with E-state index in [4.69, 9.17) is 9.47 Å². The van der Waals surface area contributed by atoms with Gasteiger partial charge in [-0.2, -0.15) is 0 Å². The number of ether oxygens (including phenoxy) is 2. The molecule has 0 aromatic carbocycles. The van der Waals surface area contributed by atoms with E-state index in [2.05, 4.69) is 15.2 Å². The van der Waals surface area contributed by atoms with Crippen molar-refractivity contribution in [2.45, 2.75) is 19.4 Å². The number of methoxy groups -OCH3 is 1. The Bertz CT molecular complexity index is 430. The number of rotatable bonds is 8. The molecule has 6 heteroatoms. The summed E-state index contributed by atoms with van der Waals surface area (Å²) >= 11 is 0. The Balaban J connectivity index is 1.69. The van der Waals surface area contributed by atoms with Gasteiger partial charge in [0.05, 0.1) is 13.2 Å². The summed E-state index contributed by atoms with van der Waals surface area (Å²) in [6, 6.07) is 4.02. The summed E-state index contributed by atoms with van der Waals surface area (Å²) < 4.78 is 9.99. The lowest BCUT2D eigenvalue weighted by Gasteiger charge is -2.16. The van der Waals surface area contributed by atoms with E-state index in [0.29, 0.717) is 19.8 Å². The molecule has 21 heavy (non-hydrogen) atoms. The molecule has 1 aliphatic heterocycles. The minimum atomic E-state index is -0.130. The normalized spacial score (nSPS) is 14.4. The SMILES string of the molecule is COCCOCC(=O)NCc1ccc(N2CCCC2)nc1. The predicted molar refractivity (Wildman–Crippen MR) is 80.2 cm³/mol. The summed E-state index contributed by atoms with van der Waals surface area (Å²) in [4.78, 5) is 18.3. The Morgan fingerprint density at radius 3 is 2.81 bits per heavy atom. The summed E-state index contributed by atoms with van der Waals surface area (Å²) in [5.41, 5.74) is 0.989. The Morgan fingerprint density at radius 1 is 1.33 bits per heavy atom. The predicted octanol–water partition coefficient (Wildman–Crippen LogP) is 0.961. The first-order valence-electron chi connectivity index (χ1n) is 7.33. The van der Waals surface area contributed by atoms with E-state index >= 15 is 0 Å². The van der Waals surface area contributed by atoms with Crippen LogP contribution >= 0.6 is 0 Å². The first-order valence-corrected chi connectivity index (χ1v) is 7.33. The van der Waals surface area contributed by atoms with E-state index in [-0.39, 0.29) is 12.5 Å². The van der Waals surface area contributed by atoms with Gasteiger partial charge in [0.2, 0.25) is 5.91 Å². The van der Waals surface area contributed by atoms with E-state index in [0.717, 1.165) is 24.5 Å². The second-order valence-electron chi connectivity index (χ2n) is 5.04. The molecular formula is C15H23N3O3. The Hall–Kier alpha value is -1.66. The summed E-state index contributed by atoms with van der Waals surface area (Å²) in [6.45, 7) is 3.62. The molecule has 1 saturated heterocycles. The van der Waals surface area contributed by atoms with Gasteiger partial charge in [-0.25, -0.2) is 4.98 Å². The standard InChI is InChI=1S/C15H23N3O3/c1-20-8-9-21-12-15(19)17-11-13-4-5-14(16-10-13)18-6-2-3-7-18/h4-5,10H,2-3,6-9,11-12H2,1H3,(H,17,19). The smallest absolute Gasteiger partial charge is 0.246 e. The van der Waals surface area contributed by atoms with E-state index in [1.807, 2.05) is 18.3 Å². The third kappa shape index (κ3) is 5.32. The van der Waals surface area contributed by atoms with Gasteiger partial charge in [-0.3, -0.25) is 4.79 Å². The Labute approximate surface area is 125 Å². The molecule has 0 atom stereocenters. The van der Waals surface area contributed by atoms with Crippen LogP contribution in [0, 0.1) is 0 Å². The fourth-order valence-corrected chi connectivity index (χ4v) is 2.21. The van der Waals surface area contributed by atoms with Crippen molar-refractivity contribution in [3.63, 3.8) is 0 Å². The van der Waals surface area contributed by atoms with Crippen LogP contribution in [0.1, 0.15) is 18.4 Å². The van der Waals surface area contributed by atoms with Crippen molar-refractivity contribution in [2.75, 3.05) is 44.9 Å². The van der Waals surface area contributed by atoms with E-state index in [9.17, 15) is 4.79 Å². The average Bonchev–Trinajstić information content (AvgIpc) is 3.04. The molecule has 6 nitrogen and oxygen atoms in total. The first-order chi connectivity index (χ1) is 10.3. The Morgan fingerprint density at radius 2 is 2.14 bits per heavy atom. The molecule has 1 aromatic rings. The molecular weight excluding hydrogens is 270 g/mol. The molecule has 1 N–H and O–H groups in total. The third-order valence-corrected chi connectivity index (χ3v) is 3.39. The van der Waals surface area contributed by atoms with Crippen molar-refractivity contribution in [3.8, 4) is 0 Å². The number of hydrogen-bond donors (Lipinski definition) is 1. The quantitative estimate of drug-likeness (QED) is 0.723. The zero-order chi connectivity index (χ0) is 14.9. The van der Waals surface area contributed by atoms with Crippen molar-refractivity contribution < 1.29 is 14.3 Å². The van der Waals surface area contributed by atoms with Crippen LogP contribution in [0.25, 0.3) is 0 Å². The summed E-state index contributed by atoms with van der Waals surface area (Å²) in [5.74, 6) is 0.889. The fraction of sp³-hybridized carbons (Fsp3) is 0.600. The van der Waals surface area contributed by atoms with E-state index in [1.165, 1.54) is 12.8 Å². The largest absolute Gasteiger partial charge is 0.382 e. The zero-order valence-electron chi connectivity index (χ0n) is 12.5. The van der Waals surface area contributed by atoms with Crippen molar-refractivity contribution in [3.05, 3.63) is 23.9 Å². The zero-order valence-corrected chi connectivity index (χ0v) is 12.5. The van der Waals surface area contributed by atoms with Crippen molar-refractivity contribution >= 4 is 11.7 Å². The molecule has 1 aromatic heterocycles. The molecule has 1 amide bonds. The molecule has 2 rings (SSSR count). The van der Waals surface area contributed by atoms with Crippen LogP contribution in [0.15, 0.2) is 18.3 Å². The second-order valence-corrected chi connectivity index (χ2v) is 5.04. The van der Waals surface area contributed by atoms with Gasteiger partial charge in [-0.05, 0) is 24.5 Å². The topological polar surface area (TPSA) is 63.7 Å². The number of hydrogen-bond acceptors (Lipinski definition) is 5. The number of nitrogens with one attached hydrogen (secondary N) is 1. The van der Waals surface area contributed by atoms with Gasteiger partial charge < -0.3 is 19.7 Å². The van der Waals surface area contributed by atoms with Gasteiger partial charge in [-0.1, -0.05) is 6.07 Å². The van der Waals surface area contributed by atoms with Gasteiger partial charge >= 0.3 is 0 Å². The summed E-state index contributed by atoms with van der Waals surface area (Å²) in [7, 11) is 1.60. The number of aromatic nitrogens is 1. The highest BCUT2D eigenvalue weighted by Crippen LogP contribution is 2.17. The molecule has 1 aliphatic rings. The fourth-order valence-electron chi connectivity index (χ4n) is 2.21. The van der Waals surface area contributed by atoms with Crippen LogP contribution < -0.4 is 10.2 Å². The van der Waals surface area contributed by atoms with Crippen LogP contribution in [-0.2, 0) is 20.8 Å². The third-order valence-electron chi connectivity index (χ3n) is 3.39. The maximum absolute atomic E-state index is 11.6. The highest BCUT2D eigenvalue weighted by atomic mass is 16.5. The second kappa shape index (κ2) is 8.59. The van der Waals surface area contributed by atoms with Gasteiger partial charge in [-0.15, -0.1) is 0 Å². The number of carbonyl (C=O) groups is 1. The number of carbonyl (C=O) groups excluding carboxylic acids is 1. The van der Waals surface area contributed by atoms with Gasteiger partial charge in [0.25, 0.3) is 0 Å².